The van der Waals surface area contributed by atoms with Crippen LogP contribution in [-0.2, 0) is 15.3 Å². The number of rotatable bonds is 3. The first-order valence-corrected chi connectivity index (χ1v) is 10.5. The van der Waals surface area contributed by atoms with Crippen LogP contribution in [0.3, 0.4) is 0 Å². The van der Waals surface area contributed by atoms with E-state index in [1.807, 2.05) is 20.8 Å². The predicted octanol–water partition coefficient (Wildman–Crippen LogP) is 4.69. The van der Waals surface area contributed by atoms with Crippen molar-refractivity contribution in [1.82, 2.24) is 0 Å². The molecule has 3 aromatic rings. The zero-order valence-corrected chi connectivity index (χ0v) is 17.8. The summed E-state index contributed by atoms with van der Waals surface area (Å²) in [5, 5.41) is 0.450. The molecule has 0 fully saturated rings. The summed E-state index contributed by atoms with van der Waals surface area (Å²) in [5.74, 6) is 0.343. The highest BCUT2D eigenvalue weighted by Crippen LogP contribution is 2.31. The van der Waals surface area contributed by atoms with Gasteiger partial charge in [0.05, 0.1) is 12.0 Å². The molecule has 0 aliphatic heterocycles. The van der Waals surface area contributed by atoms with Gasteiger partial charge in [0.2, 0.25) is 9.84 Å². The van der Waals surface area contributed by atoms with E-state index >= 15 is 0 Å². The Bertz CT molecular complexity index is 1170. The molecule has 2 aromatic carbocycles. The maximum absolute atomic E-state index is 13.0. The van der Waals surface area contributed by atoms with Gasteiger partial charge in [0, 0.05) is 9.86 Å². The van der Waals surface area contributed by atoms with Crippen LogP contribution in [0.5, 0.6) is 5.75 Å². The molecule has 3 rings (SSSR count). The Morgan fingerprint density at radius 3 is 2.22 bits per heavy atom. The number of ether oxygens (including phenoxy) is 1. The number of hydrogen-bond acceptors (Lipinski definition) is 5. The van der Waals surface area contributed by atoms with Crippen molar-refractivity contribution in [2.45, 2.75) is 36.0 Å². The number of benzene rings is 2. The van der Waals surface area contributed by atoms with Crippen LogP contribution in [0, 0.1) is 0 Å². The van der Waals surface area contributed by atoms with Gasteiger partial charge in [0.25, 0.3) is 0 Å². The fraction of sp³-hybridized carbons (Fsp3) is 0.250. The Kier molecular flexibility index (Phi) is 4.94. The Morgan fingerprint density at radius 1 is 1.04 bits per heavy atom. The minimum Gasteiger partial charge on any atom is -0.493 e. The van der Waals surface area contributed by atoms with Crippen LogP contribution < -0.4 is 10.4 Å². The van der Waals surface area contributed by atoms with Crippen molar-refractivity contribution < 1.29 is 17.6 Å². The third-order valence-electron chi connectivity index (χ3n) is 4.27. The number of methoxy groups -OCH3 is 1. The second-order valence-electron chi connectivity index (χ2n) is 7.20. The van der Waals surface area contributed by atoms with Crippen LogP contribution in [0.25, 0.3) is 11.0 Å². The van der Waals surface area contributed by atoms with E-state index in [9.17, 15) is 13.2 Å². The van der Waals surface area contributed by atoms with Crippen molar-refractivity contribution in [3.05, 3.63) is 62.9 Å². The maximum Gasteiger partial charge on any atom is 0.355 e. The summed E-state index contributed by atoms with van der Waals surface area (Å²) in [4.78, 5) is 12.1. The van der Waals surface area contributed by atoms with Gasteiger partial charge in [-0.15, -0.1) is 0 Å². The van der Waals surface area contributed by atoms with E-state index in [0.29, 0.717) is 15.6 Å². The van der Waals surface area contributed by atoms with E-state index in [1.165, 1.54) is 25.3 Å². The average Bonchev–Trinajstić information content (AvgIpc) is 2.60. The highest BCUT2D eigenvalue weighted by molar-refractivity contribution is 9.10. The second kappa shape index (κ2) is 6.80. The van der Waals surface area contributed by atoms with E-state index in [0.717, 1.165) is 5.56 Å². The highest BCUT2D eigenvalue weighted by Gasteiger charge is 2.25. The molecule has 5 nitrogen and oxygen atoms in total. The number of halogens is 1. The fourth-order valence-corrected chi connectivity index (χ4v) is 4.49. The lowest BCUT2D eigenvalue weighted by Gasteiger charge is -2.19. The molecule has 0 unspecified atom stereocenters. The van der Waals surface area contributed by atoms with E-state index < -0.39 is 20.4 Å². The topological polar surface area (TPSA) is 73.6 Å². The molecule has 1 aromatic heterocycles. The van der Waals surface area contributed by atoms with Crippen molar-refractivity contribution in [2.24, 2.45) is 0 Å². The first kappa shape index (κ1) is 19.6. The largest absolute Gasteiger partial charge is 0.493 e. The second-order valence-corrected chi connectivity index (χ2v) is 10.0. The summed E-state index contributed by atoms with van der Waals surface area (Å²) in [6.07, 6.45) is 0. The molecule has 0 aliphatic carbocycles. The molecule has 1 heterocycles. The Hall–Kier alpha value is -2.12. The van der Waals surface area contributed by atoms with Gasteiger partial charge in [0.15, 0.2) is 16.2 Å². The molecule has 27 heavy (non-hydrogen) atoms. The predicted molar refractivity (Wildman–Crippen MR) is 107 cm³/mol. The van der Waals surface area contributed by atoms with Gasteiger partial charge in [-0.1, -0.05) is 48.8 Å². The minimum absolute atomic E-state index is 0.0455. The van der Waals surface area contributed by atoms with Gasteiger partial charge in [-0.2, -0.15) is 0 Å². The summed E-state index contributed by atoms with van der Waals surface area (Å²) in [5.41, 5.74) is 0.170. The average molecular weight is 451 g/mol. The molecule has 0 radical (unpaired) electrons. The van der Waals surface area contributed by atoms with Crippen LogP contribution >= 0.6 is 15.9 Å². The zero-order chi connectivity index (χ0) is 20.0. The smallest absolute Gasteiger partial charge is 0.355 e. The molecule has 0 saturated heterocycles. The van der Waals surface area contributed by atoms with Gasteiger partial charge in [-0.3, -0.25) is 0 Å². The Labute approximate surface area is 166 Å². The molecular weight excluding hydrogens is 432 g/mol. The van der Waals surface area contributed by atoms with E-state index in [2.05, 4.69) is 15.9 Å². The van der Waals surface area contributed by atoms with Crippen molar-refractivity contribution >= 4 is 36.7 Å². The molecule has 0 atom stereocenters. The Balaban J connectivity index is 2.18. The minimum atomic E-state index is -4.02. The molecule has 0 aliphatic rings. The molecule has 142 valence electrons. The van der Waals surface area contributed by atoms with Crippen LogP contribution in [0.2, 0.25) is 0 Å². The zero-order valence-electron chi connectivity index (χ0n) is 15.4. The van der Waals surface area contributed by atoms with Crippen LogP contribution in [-0.4, -0.2) is 15.5 Å². The van der Waals surface area contributed by atoms with E-state index in [1.54, 1.807) is 24.3 Å². The molecular formula is C20H19BrO5S. The molecule has 0 amide bonds. The lowest BCUT2D eigenvalue weighted by Crippen LogP contribution is -2.15. The lowest BCUT2D eigenvalue weighted by atomic mass is 9.87. The highest BCUT2D eigenvalue weighted by atomic mass is 79.9. The summed E-state index contributed by atoms with van der Waals surface area (Å²) in [6, 6.07) is 11.2. The molecule has 0 saturated carbocycles. The van der Waals surface area contributed by atoms with Crippen molar-refractivity contribution in [1.29, 1.82) is 0 Å². The standard InChI is InChI=1S/C20H19BrO5S/c1-20(2,3)13-5-7-15(8-6-13)27(23,24)17-10-12-9-14(21)11-16(25-4)18(12)26-19(17)22/h5-11H,1-4H3. The fourth-order valence-electron chi connectivity index (χ4n) is 2.75. The number of sulfone groups is 1. The van der Waals surface area contributed by atoms with Crippen molar-refractivity contribution in [3.8, 4) is 5.75 Å². The number of fused-ring (bicyclic) bond motifs is 1. The van der Waals surface area contributed by atoms with Gasteiger partial charge in [-0.25, -0.2) is 13.2 Å². The third kappa shape index (κ3) is 3.66. The summed E-state index contributed by atoms with van der Waals surface area (Å²) < 4.78 is 37.2. The van der Waals surface area contributed by atoms with E-state index in [-0.39, 0.29) is 15.9 Å². The van der Waals surface area contributed by atoms with Crippen LogP contribution in [0.4, 0.5) is 0 Å². The van der Waals surface area contributed by atoms with Gasteiger partial charge < -0.3 is 9.15 Å². The SMILES string of the molecule is COc1cc(Br)cc2cc(S(=O)(=O)c3ccc(C(C)(C)C)cc3)c(=O)oc12. The van der Waals surface area contributed by atoms with Gasteiger partial charge in [-0.05, 0) is 41.3 Å². The monoisotopic (exact) mass is 450 g/mol. The van der Waals surface area contributed by atoms with Crippen LogP contribution in [0.1, 0.15) is 26.3 Å². The Morgan fingerprint density at radius 2 is 1.67 bits per heavy atom. The van der Waals surface area contributed by atoms with Gasteiger partial charge in [0.1, 0.15) is 0 Å². The third-order valence-corrected chi connectivity index (χ3v) is 6.49. The van der Waals surface area contributed by atoms with E-state index in [4.69, 9.17) is 9.15 Å². The van der Waals surface area contributed by atoms with Crippen molar-refractivity contribution in [2.75, 3.05) is 7.11 Å². The molecule has 0 bridgehead atoms. The van der Waals surface area contributed by atoms with Gasteiger partial charge >= 0.3 is 5.63 Å². The van der Waals surface area contributed by atoms with Crippen LogP contribution in [0.15, 0.2) is 65.9 Å². The first-order valence-electron chi connectivity index (χ1n) is 8.21. The summed E-state index contributed by atoms with van der Waals surface area (Å²) in [7, 11) is -2.57. The molecule has 0 N–H and O–H groups in total. The number of hydrogen-bond donors (Lipinski definition) is 0. The summed E-state index contributed by atoms with van der Waals surface area (Å²) >= 11 is 3.34. The molecule has 7 heteroatoms. The molecule has 0 spiro atoms. The summed E-state index contributed by atoms with van der Waals surface area (Å²) in [6.45, 7) is 6.12. The quantitative estimate of drug-likeness (QED) is 0.540. The lowest BCUT2D eigenvalue weighted by molar-refractivity contribution is 0.405. The normalized spacial score (nSPS) is 12.3. The first-order chi connectivity index (χ1) is 12.5. The van der Waals surface area contributed by atoms with Crippen molar-refractivity contribution in [3.63, 3.8) is 0 Å². The maximum atomic E-state index is 13.0.